The van der Waals surface area contributed by atoms with E-state index in [1.807, 2.05) is 6.07 Å². The van der Waals surface area contributed by atoms with Gasteiger partial charge in [0.2, 0.25) is 0 Å². The lowest BCUT2D eigenvalue weighted by Gasteiger charge is -2.08. The van der Waals surface area contributed by atoms with Gasteiger partial charge in [-0.25, -0.2) is 4.99 Å². The molecule has 0 aliphatic rings. The summed E-state index contributed by atoms with van der Waals surface area (Å²) in [6, 6.07) is 4.11. The van der Waals surface area contributed by atoms with Gasteiger partial charge in [0.25, 0.3) is 0 Å². The van der Waals surface area contributed by atoms with E-state index in [1.165, 1.54) is 4.88 Å². The van der Waals surface area contributed by atoms with Crippen LogP contribution >= 0.6 is 11.3 Å². The zero-order valence-electron chi connectivity index (χ0n) is 9.28. The molecule has 0 aliphatic carbocycles. The Hall–Kier alpha value is -1.55. The molecular formula is C12H17N3S. The summed E-state index contributed by atoms with van der Waals surface area (Å²) in [6.07, 6.45) is 3.60. The molecule has 1 rings (SSSR count). The zero-order chi connectivity index (χ0) is 11.6. The second kappa shape index (κ2) is 7.70. The maximum Gasteiger partial charge on any atom is 0.192 e. The molecule has 0 saturated heterocycles. The standard InChI is InChI=1S/C12H17N3S/c1-3-7-13-12(14-8-4-2)15-10-11-6-5-9-16-11/h3-6,9H,1-2,7-8,10H2,(H2,13,14,15). The number of aliphatic imine (C=N–C) groups is 1. The predicted molar refractivity (Wildman–Crippen MR) is 71.9 cm³/mol. The Morgan fingerprint density at radius 3 is 2.50 bits per heavy atom. The normalized spacial score (nSPS) is 9.25. The Kier molecular flexibility index (Phi) is 6.03. The minimum absolute atomic E-state index is 0.696. The van der Waals surface area contributed by atoms with Gasteiger partial charge in [-0.2, -0.15) is 0 Å². The van der Waals surface area contributed by atoms with Crippen molar-refractivity contribution in [2.75, 3.05) is 13.1 Å². The van der Waals surface area contributed by atoms with Gasteiger partial charge >= 0.3 is 0 Å². The molecule has 3 nitrogen and oxygen atoms in total. The third-order valence-corrected chi connectivity index (χ3v) is 2.66. The topological polar surface area (TPSA) is 36.4 Å². The van der Waals surface area contributed by atoms with E-state index >= 15 is 0 Å². The Labute approximate surface area is 101 Å². The highest BCUT2D eigenvalue weighted by molar-refractivity contribution is 7.09. The smallest absolute Gasteiger partial charge is 0.192 e. The van der Waals surface area contributed by atoms with Crippen molar-refractivity contribution in [3.8, 4) is 0 Å². The summed E-state index contributed by atoms with van der Waals surface area (Å²) < 4.78 is 0. The third-order valence-electron chi connectivity index (χ3n) is 1.80. The van der Waals surface area contributed by atoms with Crippen molar-refractivity contribution in [3.05, 3.63) is 47.7 Å². The lowest BCUT2D eigenvalue weighted by atomic mass is 10.5. The van der Waals surface area contributed by atoms with Gasteiger partial charge in [0.05, 0.1) is 6.54 Å². The molecule has 0 aliphatic heterocycles. The molecule has 1 heterocycles. The quantitative estimate of drug-likeness (QED) is 0.450. The molecule has 0 radical (unpaired) electrons. The molecule has 0 fully saturated rings. The van der Waals surface area contributed by atoms with Gasteiger partial charge in [-0.05, 0) is 11.4 Å². The van der Waals surface area contributed by atoms with E-state index in [9.17, 15) is 0 Å². The number of guanidine groups is 1. The molecule has 0 unspecified atom stereocenters. The summed E-state index contributed by atoms with van der Waals surface area (Å²) in [5, 5.41) is 8.34. The maximum atomic E-state index is 4.45. The average Bonchev–Trinajstić information content (AvgIpc) is 2.81. The van der Waals surface area contributed by atoms with Crippen LogP contribution < -0.4 is 10.6 Å². The molecule has 0 aromatic carbocycles. The minimum Gasteiger partial charge on any atom is -0.353 e. The van der Waals surface area contributed by atoms with Crippen molar-refractivity contribution < 1.29 is 0 Å². The number of nitrogens with one attached hydrogen (secondary N) is 2. The molecular weight excluding hydrogens is 218 g/mol. The van der Waals surface area contributed by atoms with Gasteiger partial charge in [0.1, 0.15) is 0 Å². The van der Waals surface area contributed by atoms with Gasteiger partial charge in [-0.1, -0.05) is 18.2 Å². The average molecular weight is 235 g/mol. The van der Waals surface area contributed by atoms with Crippen LogP contribution in [0, 0.1) is 0 Å². The van der Waals surface area contributed by atoms with Crippen LogP contribution in [0.2, 0.25) is 0 Å². The molecule has 0 spiro atoms. The van der Waals surface area contributed by atoms with Gasteiger partial charge in [-0.15, -0.1) is 24.5 Å². The number of nitrogens with zero attached hydrogens (tertiary/aromatic N) is 1. The van der Waals surface area contributed by atoms with Crippen molar-refractivity contribution in [2.45, 2.75) is 6.54 Å². The van der Waals surface area contributed by atoms with E-state index in [0.29, 0.717) is 19.6 Å². The minimum atomic E-state index is 0.696. The summed E-state index contributed by atoms with van der Waals surface area (Å²) in [6.45, 7) is 9.42. The van der Waals surface area contributed by atoms with Crippen LogP contribution in [0.15, 0.2) is 47.8 Å². The Bertz CT molecular complexity index is 327. The molecule has 16 heavy (non-hydrogen) atoms. The van der Waals surface area contributed by atoms with Gasteiger partial charge in [0, 0.05) is 18.0 Å². The first-order valence-electron chi connectivity index (χ1n) is 5.13. The number of hydrogen-bond donors (Lipinski definition) is 2. The monoisotopic (exact) mass is 235 g/mol. The molecule has 4 heteroatoms. The van der Waals surface area contributed by atoms with Crippen LogP contribution in [0.1, 0.15) is 4.88 Å². The van der Waals surface area contributed by atoms with Gasteiger partial charge in [0.15, 0.2) is 5.96 Å². The Morgan fingerprint density at radius 2 is 2.00 bits per heavy atom. The molecule has 0 atom stereocenters. The SMILES string of the molecule is C=CCNC(=NCc1cccs1)NCC=C. The van der Waals surface area contributed by atoms with Gasteiger partial charge < -0.3 is 10.6 Å². The second-order valence-corrected chi connectivity index (χ2v) is 4.12. The summed E-state index contributed by atoms with van der Waals surface area (Å²) in [5.41, 5.74) is 0. The fourth-order valence-electron chi connectivity index (χ4n) is 1.07. The highest BCUT2D eigenvalue weighted by Crippen LogP contribution is 2.09. The van der Waals surface area contributed by atoms with Crippen molar-refractivity contribution in [3.63, 3.8) is 0 Å². The van der Waals surface area contributed by atoms with Crippen molar-refractivity contribution in [2.24, 2.45) is 4.99 Å². The first-order chi connectivity index (χ1) is 7.86. The predicted octanol–water partition coefficient (Wildman–Crippen LogP) is 2.16. The molecule has 2 N–H and O–H groups in total. The number of hydrogen-bond acceptors (Lipinski definition) is 2. The van der Waals surface area contributed by atoms with Crippen LogP contribution in [0.4, 0.5) is 0 Å². The lowest BCUT2D eigenvalue weighted by Crippen LogP contribution is -2.37. The summed E-state index contributed by atoms with van der Waals surface area (Å²) >= 11 is 1.71. The second-order valence-electron chi connectivity index (χ2n) is 3.08. The van der Waals surface area contributed by atoms with E-state index in [4.69, 9.17) is 0 Å². The van der Waals surface area contributed by atoms with E-state index < -0.39 is 0 Å². The first kappa shape index (κ1) is 12.5. The number of thiophene rings is 1. The summed E-state index contributed by atoms with van der Waals surface area (Å²) in [7, 11) is 0. The third kappa shape index (κ3) is 4.79. The van der Waals surface area contributed by atoms with Crippen LogP contribution in [0.25, 0.3) is 0 Å². The lowest BCUT2D eigenvalue weighted by molar-refractivity contribution is 0.891. The van der Waals surface area contributed by atoms with Crippen LogP contribution in [0.3, 0.4) is 0 Å². The fourth-order valence-corrected chi connectivity index (χ4v) is 1.70. The van der Waals surface area contributed by atoms with E-state index in [0.717, 1.165) is 5.96 Å². The highest BCUT2D eigenvalue weighted by atomic mass is 32.1. The Balaban J connectivity index is 2.48. The van der Waals surface area contributed by atoms with Crippen molar-refractivity contribution >= 4 is 17.3 Å². The molecule has 0 amide bonds. The highest BCUT2D eigenvalue weighted by Gasteiger charge is 1.96. The number of rotatable bonds is 6. The van der Waals surface area contributed by atoms with Crippen LogP contribution in [-0.2, 0) is 6.54 Å². The van der Waals surface area contributed by atoms with Crippen molar-refractivity contribution in [1.82, 2.24) is 10.6 Å². The molecule has 1 aromatic heterocycles. The molecule has 0 saturated carbocycles. The summed E-state index contributed by atoms with van der Waals surface area (Å²) in [4.78, 5) is 5.70. The largest absolute Gasteiger partial charge is 0.353 e. The van der Waals surface area contributed by atoms with E-state index in [1.54, 1.807) is 23.5 Å². The molecule has 0 bridgehead atoms. The maximum absolute atomic E-state index is 4.45. The van der Waals surface area contributed by atoms with Crippen LogP contribution in [0.5, 0.6) is 0 Å². The van der Waals surface area contributed by atoms with E-state index in [2.05, 4.69) is 40.2 Å². The zero-order valence-corrected chi connectivity index (χ0v) is 10.1. The molecule has 1 aromatic rings. The first-order valence-corrected chi connectivity index (χ1v) is 6.01. The van der Waals surface area contributed by atoms with Gasteiger partial charge in [-0.3, -0.25) is 0 Å². The summed E-state index contributed by atoms with van der Waals surface area (Å²) in [5.74, 6) is 0.785. The van der Waals surface area contributed by atoms with E-state index in [-0.39, 0.29) is 0 Å². The fraction of sp³-hybridized carbons (Fsp3) is 0.250. The Morgan fingerprint density at radius 1 is 1.31 bits per heavy atom. The molecule has 86 valence electrons. The van der Waals surface area contributed by atoms with Crippen LogP contribution in [-0.4, -0.2) is 19.0 Å². The van der Waals surface area contributed by atoms with Crippen molar-refractivity contribution in [1.29, 1.82) is 0 Å².